The fraction of sp³-hybridized carbons (Fsp3) is 0.500. The van der Waals surface area contributed by atoms with Crippen LogP contribution >= 0.6 is 23.2 Å². The average Bonchev–Trinajstić information content (AvgIpc) is 2.51. The van der Waals surface area contributed by atoms with Crippen LogP contribution in [0.4, 0.5) is 5.69 Å². The van der Waals surface area contributed by atoms with Crippen LogP contribution in [0.2, 0.25) is 10.0 Å². The molecular formula is C16H19Cl2N3O2. The maximum absolute atomic E-state index is 12.2. The lowest BCUT2D eigenvalue weighted by Gasteiger charge is -2.40. The lowest BCUT2D eigenvalue weighted by Crippen LogP contribution is -2.65. The van der Waals surface area contributed by atoms with E-state index in [1.807, 2.05) is 0 Å². The predicted octanol–water partition coefficient (Wildman–Crippen LogP) is 2.72. The summed E-state index contributed by atoms with van der Waals surface area (Å²) in [4.78, 5) is 24.4. The van der Waals surface area contributed by atoms with Crippen molar-refractivity contribution in [1.82, 2.24) is 10.6 Å². The van der Waals surface area contributed by atoms with Gasteiger partial charge in [0, 0.05) is 17.1 Å². The van der Waals surface area contributed by atoms with E-state index in [1.54, 1.807) is 18.2 Å². The van der Waals surface area contributed by atoms with E-state index < -0.39 is 6.04 Å². The molecule has 0 spiro atoms. The molecule has 7 heteroatoms. The molecule has 1 saturated carbocycles. The molecule has 3 rings (SSSR count). The lowest BCUT2D eigenvalue weighted by molar-refractivity contribution is -0.129. The van der Waals surface area contributed by atoms with Gasteiger partial charge in [-0.15, -0.1) is 0 Å². The van der Waals surface area contributed by atoms with Gasteiger partial charge < -0.3 is 16.0 Å². The highest BCUT2D eigenvalue weighted by Gasteiger charge is 2.36. The normalized spacial score (nSPS) is 27.0. The summed E-state index contributed by atoms with van der Waals surface area (Å²) in [6, 6.07) is 4.83. The molecule has 124 valence electrons. The van der Waals surface area contributed by atoms with E-state index in [0.717, 1.165) is 25.7 Å². The second-order valence-electron chi connectivity index (χ2n) is 6.10. The molecule has 0 unspecified atom stereocenters. The maximum Gasteiger partial charge on any atom is 0.237 e. The van der Waals surface area contributed by atoms with E-state index in [9.17, 15) is 9.59 Å². The molecule has 0 radical (unpaired) electrons. The fourth-order valence-corrected chi connectivity index (χ4v) is 3.71. The topological polar surface area (TPSA) is 70.2 Å². The highest BCUT2D eigenvalue weighted by Crippen LogP contribution is 2.26. The molecule has 3 atom stereocenters. The Morgan fingerprint density at radius 1 is 1.22 bits per heavy atom. The van der Waals surface area contributed by atoms with Crippen molar-refractivity contribution in [1.29, 1.82) is 0 Å². The van der Waals surface area contributed by atoms with E-state index in [1.165, 1.54) is 0 Å². The summed E-state index contributed by atoms with van der Waals surface area (Å²) in [6.45, 7) is 0. The number of anilines is 1. The van der Waals surface area contributed by atoms with Crippen molar-refractivity contribution in [2.24, 2.45) is 0 Å². The third kappa shape index (κ3) is 3.97. The molecule has 2 amide bonds. The number of hydrogen-bond donors (Lipinski definition) is 3. The summed E-state index contributed by atoms with van der Waals surface area (Å²) < 4.78 is 0. The molecular weight excluding hydrogens is 337 g/mol. The summed E-state index contributed by atoms with van der Waals surface area (Å²) in [5, 5.41) is 9.96. The van der Waals surface area contributed by atoms with E-state index in [0.29, 0.717) is 15.7 Å². The van der Waals surface area contributed by atoms with Crippen LogP contribution in [0.3, 0.4) is 0 Å². The number of rotatable bonds is 3. The van der Waals surface area contributed by atoms with Crippen LogP contribution < -0.4 is 16.0 Å². The third-order valence-corrected chi connectivity index (χ3v) is 4.97. The summed E-state index contributed by atoms with van der Waals surface area (Å²) >= 11 is 11.9. The molecule has 5 nitrogen and oxygen atoms in total. The number of benzene rings is 1. The monoisotopic (exact) mass is 355 g/mol. The standard InChI is InChI=1S/C16H19Cl2N3O2/c17-9-5-6-11(10(18)7-9)20-15(22)8-14-16(23)21-13-4-2-1-3-12(13)19-14/h5-7,12-14,19H,1-4,8H2,(H,20,22)(H,21,23)/t12-,13+,14+/m0/s1. The number of carbonyl (C=O) groups excluding carboxylic acids is 2. The van der Waals surface area contributed by atoms with Gasteiger partial charge in [-0.25, -0.2) is 0 Å². The van der Waals surface area contributed by atoms with Crippen molar-refractivity contribution >= 4 is 40.7 Å². The van der Waals surface area contributed by atoms with Crippen LogP contribution in [0.15, 0.2) is 18.2 Å². The Balaban J connectivity index is 1.59. The van der Waals surface area contributed by atoms with Gasteiger partial charge in [-0.1, -0.05) is 36.0 Å². The minimum Gasteiger partial charge on any atom is -0.350 e. The van der Waals surface area contributed by atoms with Crippen LogP contribution in [0.1, 0.15) is 32.1 Å². The van der Waals surface area contributed by atoms with Crippen molar-refractivity contribution in [3.8, 4) is 0 Å². The number of amides is 2. The fourth-order valence-electron chi connectivity index (χ4n) is 3.25. The summed E-state index contributed by atoms with van der Waals surface area (Å²) in [6.07, 6.45) is 4.41. The molecule has 1 aliphatic heterocycles. The molecule has 23 heavy (non-hydrogen) atoms. The van der Waals surface area contributed by atoms with Crippen LogP contribution in [0, 0.1) is 0 Å². The van der Waals surface area contributed by atoms with Crippen molar-refractivity contribution in [3.63, 3.8) is 0 Å². The molecule has 0 aromatic heterocycles. The second-order valence-corrected chi connectivity index (χ2v) is 6.95. The van der Waals surface area contributed by atoms with Crippen molar-refractivity contribution < 1.29 is 9.59 Å². The Bertz CT molecular complexity index is 623. The van der Waals surface area contributed by atoms with Crippen molar-refractivity contribution in [2.75, 3.05) is 5.32 Å². The van der Waals surface area contributed by atoms with Crippen molar-refractivity contribution in [3.05, 3.63) is 28.2 Å². The first kappa shape index (κ1) is 16.6. The van der Waals surface area contributed by atoms with Crippen LogP contribution in [-0.2, 0) is 9.59 Å². The molecule has 1 aromatic rings. The molecule has 1 aromatic carbocycles. The zero-order chi connectivity index (χ0) is 16.4. The van der Waals surface area contributed by atoms with Crippen LogP contribution in [-0.4, -0.2) is 29.9 Å². The Morgan fingerprint density at radius 3 is 2.70 bits per heavy atom. The van der Waals surface area contributed by atoms with Crippen LogP contribution in [0.5, 0.6) is 0 Å². The lowest BCUT2D eigenvalue weighted by atomic mass is 9.87. The first-order valence-corrected chi connectivity index (χ1v) is 8.60. The Hall–Kier alpha value is -1.30. The molecule has 1 heterocycles. The second kappa shape index (κ2) is 7.07. The van der Waals surface area contributed by atoms with Gasteiger partial charge in [0.05, 0.1) is 23.2 Å². The first-order chi connectivity index (χ1) is 11.0. The zero-order valence-corrected chi connectivity index (χ0v) is 14.1. The molecule has 2 fully saturated rings. The van der Waals surface area contributed by atoms with Crippen LogP contribution in [0.25, 0.3) is 0 Å². The predicted molar refractivity (Wildman–Crippen MR) is 90.8 cm³/mol. The Kier molecular flexibility index (Phi) is 5.09. The number of hydrogen-bond acceptors (Lipinski definition) is 3. The molecule has 0 bridgehead atoms. The van der Waals surface area contributed by atoms with Gasteiger partial charge >= 0.3 is 0 Å². The number of halogens is 2. The van der Waals surface area contributed by atoms with Gasteiger partial charge in [-0.3, -0.25) is 9.59 Å². The summed E-state index contributed by atoms with van der Waals surface area (Å²) in [5.74, 6) is -0.360. The first-order valence-electron chi connectivity index (χ1n) is 7.84. The van der Waals surface area contributed by atoms with Gasteiger partial charge in [-0.05, 0) is 31.0 Å². The minimum absolute atomic E-state index is 0.0774. The number of fused-ring (bicyclic) bond motifs is 1. The van der Waals surface area contributed by atoms with Crippen molar-refractivity contribution in [2.45, 2.75) is 50.2 Å². The summed E-state index contributed by atoms with van der Waals surface area (Å²) in [7, 11) is 0. The molecule has 3 N–H and O–H groups in total. The third-order valence-electron chi connectivity index (χ3n) is 4.42. The number of piperazine rings is 1. The summed E-state index contributed by atoms with van der Waals surface area (Å²) in [5.41, 5.74) is 0.493. The van der Waals surface area contributed by atoms with Gasteiger partial charge in [0.15, 0.2) is 0 Å². The minimum atomic E-state index is -0.500. The van der Waals surface area contributed by atoms with E-state index in [2.05, 4.69) is 16.0 Å². The number of carbonyl (C=O) groups is 2. The van der Waals surface area contributed by atoms with Gasteiger partial charge in [-0.2, -0.15) is 0 Å². The zero-order valence-electron chi connectivity index (χ0n) is 12.6. The smallest absolute Gasteiger partial charge is 0.237 e. The van der Waals surface area contributed by atoms with Gasteiger partial charge in [0.2, 0.25) is 11.8 Å². The van der Waals surface area contributed by atoms with Gasteiger partial charge in [0.1, 0.15) is 0 Å². The van der Waals surface area contributed by atoms with Gasteiger partial charge in [0.25, 0.3) is 0 Å². The number of nitrogens with one attached hydrogen (secondary N) is 3. The van der Waals surface area contributed by atoms with E-state index in [4.69, 9.17) is 23.2 Å². The quantitative estimate of drug-likeness (QED) is 0.780. The largest absolute Gasteiger partial charge is 0.350 e. The highest BCUT2D eigenvalue weighted by atomic mass is 35.5. The Labute approximate surface area is 145 Å². The molecule has 1 saturated heterocycles. The SMILES string of the molecule is O=C(C[C@H]1N[C@H]2CCCC[C@H]2NC1=O)Nc1ccc(Cl)cc1Cl. The highest BCUT2D eigenvalue weighted by molar-refractivity contribution is 6.36. The Morgan fingerprint density at radius 2 is 1.96 bits per heavy atom. The van der Waals surface area contributed by atoms with E-state index >= 15 is 0 Å². The molecule has 2 aliphatic rings. The van der Waals surface area contributed by atoms with E-state index in [-0.39, 0.29) is 30.3 Å². The molecule has 1 aliphatic carbocycles. The maximum atomic E-state index is 12.2. The average molecular weight is 356 g/mol.